The second kappa shape index (κ2) is 13.1. The average molecular weight is 471 g/mol. The van der Waals surface area contributed by atoms with Crippen molar-refractivity contribution in [2.45, 2.75) is 82.7 Å². The average Bonchev–Trinajstić information content (AvgIpc) is 2.49. The van der Waals surface area contributed by atoms with E-state index in [2.05, 4.69) is 27.9 Å². The molecular weight excluding hydrogens is 444 g/mol. The van der Waals surface area contributed by atoms with E-state index in [4.69, 9.17) is 0 Å². The third-order valence-corrected chi connectivity index (χ3v) is 4.45. The summed E-state index contributed by atoms with van der Waals surface area (Å²) in [5.41, 5.74) is 0. The third kappa shape index (κ3) is 12.2. The summed E-state index contributed by atoms with van der Waals surface area (Å²) in [5.74, 6) is -4.97. The maximum absolute atomic E-state index is 12.6. The number of unbranched alkanes of at least 4 members (excludes halogenated alkanes) is 7. The van der Waals surface area contributed by atoms with E-state index in [1.54, 1.807) is 0 Å². The summed E-state index contributed by atoms with van der Waals surface area (Å²) >= 11 is 2.37. The lowest BCUT2D eigenvalue weighted by Crippen LogP contribution is -2.37. The molecule has 0 rings (SSSR count). The van der Waals surface area contributed by atoms with Crippen LogP contribution >= 0.6 is 22.6 Å². The minimum atomic E-state index is -5.52. The second-order valence-electron chi connectivity index (χ2n) is 5.92. The number of alkyl halides is 6. The quantitative estimate of drug-likeness (QED) is 0.143. The highest BCUT2D eigenvalue weighted by molar-refractivity contribution is 14.1. The van der Waals surface area contributed by atoms with Crippen molar-refractivity contribution in [2.24, 2.45) is 0 Å². The van der Waals surface area contributed by atoms with E-state index in [0.29, 0.717) is 6.42 Å². The minimum absolute atomic E-state index is 0.151. The normalized spacial score (nSPS) is 12.4. The molecule has 0 aromatic carbocycles. The second-order valence-corrected chi connectivity index (χ2v) is 7.00. The van der Waals surface area contributed by atoms with E-state index < -0.39 is 24.9 Å². The fourth-order valence-electron chi connectivity index (χ4n) is 2.21. The molecule has 8 heteroatoms. The fraction of sp³-hybridized carbons (Fsp3) is 0.938. The topological polar surface area (TPSA) is 29.1 Å². The molecule has 0 aromatic heterocycles. The summed E-state index contributed by atoms with van der Waals surface area (Å²) in [4.78, 5) is 11.5. The first-order chi connectivity index (χ1) is 11.2. The first kappa shape index (κ1) is 23.9. The molecule has 2 nitrogen and oxygen atoms in total. The molecule has 144 valence electrons. The van der Waals surface area contributed by atoms with Gasteiger partial charge in [-0.15, -0.1) is 0 Å². The van der Waals surface area contributed by atoms with Crippen molar-refractivity contribution < 1.29 is 26.7 Å². The van der Waals surface area contributed by atoms with Gasteiger partial charge < -0.3 is 5.32 Å². The molecule has 0 atom stereocenters. The Hall–Kier alpha value is -0.150. The lowest BCUT2D eigenvalue weighted by Gasteiger charge is -2.19. The molecule has 0 saturated carbocycles. The van der Waals surface area contributed by atoms with Crippen LogP contribution in [0.25, 0.3) is 0 Å². The van der Waals surface area contributed by atoms with Gasteiger partial charge >= 0.3 is 12.1 Å². The molecule has 1 amide bonds. The molecule has 0 radical (unpaired) electrons. The number of nitrogens with one attached hydrogen (secondary N) is 1. The number of halogens is 6. The Morgan fingerprint density at radius 2 is 1.29 bits per heavy atom. The van der Waals surface area contributed by atoms with Gasteiger partial charge in [0.05, 0.1) is 0 Å². The van der Waals surface area contributed by atoms with Crippen LogP contribution in [0.2, 0.25) is 0 Å². The predicted molar refractivity (Wildman–Crippen MR) is 93.7 cm³/mol. The van der Waals surface area contributed by atoms with Crippen LogP contribution in [-0.4, -0.2) is 29.0 Å². The maximum Gasteiger partial charge on any atom is 0.453 e. The zero-order valence-electron chi connectivity index (χ0n) is 13.9. The minimum Gasteiger partial charge on any atom is -0.356 e. The van der Waals surface area contributed by atoms with Gasteiger partial charge in [-0.25, -0.2) is 0 Å². The lowest BCUT2D eigenvalue weighted by atomic mass is 10.1. The molecule has 0 bridgehead atoms. The molecule has 0 unspecified atom stereocenters. The predicted octanol–water partition coefficient (Wildman–Crippen LogP) is 6.03. The highest BCUT2D eigenvalue weighted by atomic mass is 127. The fourth-order valence-corrected chi connectivity index (χ4v) is 2.75. The highest BCUT2D eigenvalue weighted by Crippen LogP contribution is 2.38. The van der Waals surface area contributed by atoms with E-state index in [1.165, 1.54) is 30.1 Å². The zero-order valence-corrected chi connectivity index (χ0v) is 16.0. The van der Waals surface area contributed by atoms with Crippen LogP contribution in [0.15, 0.2) is 0 Å². The summed E-state index contributed by atoms with van der Waals surface area (Å²) in [6.45, 7) is -0.151. The van der Waals surface area contributed by atoms with Crippen LogP contribution in [0.4, 0.5) is 22.0 Å². The van der Waals surface area contributed by atoms with Gasteiger partial charge in [-0.1, -0.05) is 61.1 Å². The maximum atomic E-state index is 12.6. The molecule has 1 N–H and O–H groups in total. The van der Waals surface area contributed by atoms with Crippen LogP contribution in [0.3, 0.4) is 0 Å². The Balaban J connectivity index is 3.48. The van der Waals surface area contributed by atoms with Gasteiger partial charge in [0.2, 0.25) is 5.91 Å². The van der Waals surface area contributed by atoms with Crippen LogP contribution in [0.1, 0.15) is 70.6 Å². The number of carbonyl (C=O) groups excluding carboxylic acids is 1. The third-order valence-electron chi connectivity index (χ3n) is 3.69. The first-order valence-corrected chi connectivity index (χ1v) is 10.0. The smallest absolute Gasteiger partial charge is 0.356 e. The molecular formula is C16H27F5INO. The van der Waals surface area contributed by atoms with Crippen molar-refractivity contribution in [2.75, 3.05) is 11.0 Å². The van der Waals surface area contributed by atoms with Crippen LogP contribution in [0.5, 0.6) is 0 Å². The van der Waals surface area contributed by atoms with Crippen molar-refractivity contribution >= 4 is 28.5 Å². The van der Waals surface area contributed by atoms with E-state index in [-0.39, 0.29) is 12.5 Å². The van der Waals surface area contributed by atoms with Crippen LogP contribution in [-0.2, 0) is 4.79 Å². The molecule has 24 heavy (non-hydrogen) atoms. The Morgan fingerprint density at radius 1 is 0.792 bits per heavy atom. The number of amides is 1. The zero-order chi connectivity index (χ0) is 18.5. The highest BCUT2D eigenvalue weighted by Gasteiger charge is 2.56. The van der Waals surface area contributed by atoms with E-state index in [0.717, 1.165) is 25.7 Å². The molecule has 0 heterocycles. The summed E-state index contributed by atoms with van der Waals surface area (Å²) < 4.78 is 62.3. The Kier molecular flexibility index (Phi) is 13.0. The standard InChI is InChI=1S/C16H27F5INO/c17-15(18,16(19,20)21)11-9-13-23-14(24)10-7-5-3-1-2-4-6-8-12-22/h1-13H2,(H,23,24). The van der Waals surface area contributed by atoms with Gasteiger partial charge in [-0.05, 0) is 23.7 Å². The summed E-state index contributed by atoms with van der Waals surface area (Å²) in [6.07, 6.45) is 1.92. The molecule has 0 aliphatic heterocycles. The lowest BCUT2D eigenvalue weighted by molar-refractivity contribution is -0.284. The monoisotopic (exact) mass is 471 g/mol. The van der Waals surface area contributed by atoms with Crippen molar-refractivity contribution in [1.29, 1.82) is 0 Å². The number of carbonyl (C=O) groups is 1. The van der Waals surface area contributed by atoms with Crippen LogP contribution < -0.4 is 5.32 Å². The van der Waals surface area contributed by atoms with Crippen molar-refractivity contribution in [3.8, 4) is 0 Å². The molecule has 0 saturated heterocycles. The summed E-state index contributed by atoms with van der Waals surface area (Å²) in [5, 5.41) is 2.39. The van der Waals surface area contributed by atoms with Gasteiger partial charge in [0.15, 0.2) is 0 Å². The Bertz CT molecular complexity index is 337. The van der Waals surface area contributed by atoms with Crippen molar-refractivity contribution in [1.82, 2.24) is 5.32 Å². The van der Waals surface area contributed by atoms with Gasteiger partial charge in [0.1, 0.15) is 0 Å². The van der Waals surface area contributed by atoms with Crippen molar-refractivity contribution in [3.63, 3.8) is 0 Å². The molecule has 0 spiro atoms. The summed E-state index contributed by atoms with van der Waals surface area (Å²) in [6, 6.07) is 0. The van der Waals surface area contributed by atoms with Gasteiger partial charge in [0.25, 0.3) is 0 Å². The van der Waals surface area contributed by atoms with Crippen molar-refractivity contribution in [3.05, 3.63) is 0 Å². The number of hydrogen-bond donors (Lipinski definition) is 1. The van der Waals surface area contributed by atoms with E-state index in [9.17, 15) is 26.7 Å². The van der Waals surface area contributed by atoms with Crippen LogP contribution in [0, 0.1) is 0 Å². The molecule has 0 aromatic rings. The molecule has 0 aliphatic rings. The Labute approximate surface area is 154 Å². The SMILES string of the molecule is O=C(CCCCCCCCCCI)NCCCC(F)(F)C(F)(F)F. The van der Waals surface area contributed by atoms with Gasteiger partial charge in [-0.2, -0.15) is 22.0 Å². The molecule has 0 fully saturated rings. The first-order valence-electron chi connectivity index (χ1n) is 8.48. The number of hydrogen-bond acceptors (Lipinski definition) is 1. The Morgan fingerprint density at radius 3 is 1.79 bits per heavy atom. The van der Waals surface area contributed by atoms with Gasteiger partial charge in [-0.3, -0.25) is 4.79 Å². The summed E-state index contributed by atoms with van der Waals surface area (Å²) in [7, 11) is 0. The number of rotatable bonds is 14. The van der Waals surface area contributed by atoms with E-state index in [1.807, 2.05) is 0 Å². The van der Waals surface area contributed by atoms with Gasteiger partial charge in [0, 0.05) is 19.4 Å². The largest absolute Gasteiger partial charge is 0.453 e. The van der Waals surface area contributed by atoms with E-state index >= 15 is 0 Å². The molecule has 0 aliphatic carbocycles.